The van der Waals surface area contributed by atoms with Gasteiger partial charge in [-0.25, -0.2) is 0 Å². The molecule has 0 aromatic heterocycles. The maximum atomic E-state index is 12.3. The summed E-state index contributed by atoms with van der Waals surface area (Å²) in [4.78, 5) is 39.5. The lowest BCUT2D eigenvalue weighted by atomic mass is 10.2. The summed E-state index contributed by atoms with van der Waals surface area (Å²) >= 11 is 0. The summed E-state index contributed by atoms with van der Waals surface area (Å²) in [6.45, 7) is 2.51. The van der Waals surface area contributed by atoms with Crippen LogP contribution < -0.4 is 10.2 Å². The van der Waals surface area contributed by atoms with Crippen molar-refractivity contribution in [1.29, 1.82) is 0 Å². The van der Waals surface area contributed by atoms with E-state index in [-0.39, 0.29) is 12.5 Å². The first kappa shape index (κ1) is 16.7. The third-order valence-corrected chi connectivity index (χ3v) is 4.05. The van der Waals surface area contributed by atoms with Crippen molar-refractivity contribution < 1.29 is 14.4 Å². The van der Waals surface area contributed by atoms with Crippen LogP contribution >= 0.6 is 0 Å². The fraction of sp³-hybridized carbons (Fsp3) is 0.211. The van der Waals surface area contributed by atoms with Gasteiger partial charge in [-0.15, -0.1) is 0 Å². The molecule has 0 aliphatic carbocycles. The first-order valence-corrected chi connectivity index (χ1v) is 8.07. The van der Waals surface area contributed by atoms with E-state index < -0.39 is 11.8 Å². The second-order valence-electron chi connectivity index (χ2n) is 5.93. The van der Waals surface area contributed by atoms with E-state index in [9.17, 15) is 14.4 Å². The summed E-state index contributed by atoms with van der Waals surface area (Å²) in [6, 6.07) is 16.4. The monoisotopic (exact) mass is 337 g/mol. The van der Waals surface area contributed by atoms with Crippen LogP contribution in [0.4, 0.5) is 11.4 Å². The Kier molecular flexibility index (Phi) is 4.79. The first-order valence-electron chi connectivity index (χ1n) is 8.07. The van der Waals surface area contributed by atoms with Crippen molar-refractivity contribution in [2.75, 3.05) is 29.9 Å². The molecule has 0 unspecified atom stereocenters. The van der Waals surface area contributed by atoms with E-state index in [2.05, 4.69) is 5.32 Å². The molecule has 1 aliphatic heterocycles. The highest BCUT2D eigenvalue weighted by Gasteiger charge is 2.34. The number of nitrogens with zero attached hydrogens (tertiary/aromatic N) is 2. The minimum absolute atomic E-state index is 0.138. The van der Waals surface area contributed by atoms with Crippen molar-refractivity contribution in [2.24, 2.45) is 0 Å². The summed E-state index contributed by atoms with van der Waals surface area (Å²) in [5.74, 6) is -1.59. The second-order valence-corrected chi connectivity index (χ2v) is 5.93. The number of benzene rings is 2. The van der Waals surface area contributed by atoms with Gasteiger partial charge in [-0.3, -0.25) is 14.4 Å². The number of rotatable bonds is 4. The van der Waals surface area contributed by atoms with Crippen molar-refractivity contribution >= 4 is 29.1 Å². The van der Waals surface area contributed by atoms with Gasteiger partial charge in [0.1, 0.15) is 6.54 Å². The van der Waals surface area contributed by atoms with Gasteiger partial charge < -0.3 is 15.1 Å². The van der Waals surface area contributed by atoms with Gasteiger partial charge in [0.15, 0.2) is 0 Å². The van der Waals surface area contributed by atoms with Crippen molar-refractivity contribution in [2.45, 2.75) is 6.92 Å². The highest BCUT2D eigenvalue weighted by atomic mass is 16.2. The van der Waals surface area contributed by atoms with Gasteiger partial charge in [-0.2, -0.15) is 0 Å². The highest BCUT2D eigenvalue weighted by Crippen LogP contribution is 2.17. The molecule has 1 aliphatic rings. The Morgan fingerprint density at radius 1 is 0.960 bits per heavy atom. The van der Waals surface area contributed by atoms with E-state index in [0.717, 1.165) is 5.56 Å². The van der Waals surface area contributed by atoms with E-state index in [1.54, 1.807) is 24.3 Å². The number of carbonyl (C=O) groups is 3. The lowest BCUT2D eigenvalue weighted by Gasteiger charge is -2.33. The molecule has 0 atom stereocenters. The molecule has 2 aromatic carbocycles. The Morgan fingerprint density at radius 2 is 1.64 bits per heavy atom. The SMILES string of the molecule is Cc1ccc(NC(=O)CN2CCN(c3ccccc3)C(=O)C2=O)cc1. The average molecular weight is 337 g/mol. The van der Waals surface area contributed by atoms with Crippen LogP contribution in [-0.2, 0) is 14.4 Å². The van der Waals surface area contributed by atoms with Crippen LogP contribution in [0.1, 0.15) is 5.56 Å². The van der Waals surface area contributed by atoms with Crippen molar-refractivity contribution in [3.05, 3.63) is 60.2 Å². The first-order chi connectivity index (χ1) is 12.0. The average Bonchev–Trinajstić information content (AvgIpc) is 2.62. The summed E-state index contributed by atoms with van der Waals surface area (Å²) in [6.07, 6.45) is 0. The highest BCUT2D eigenvalue weighted by molar-refractivity contribution is 6.41. The Hall–Kier alpha value is -3.15. The Balaban J connectivity index is 1.61. The molecular weight excluding hydrogens is 318 g/mol. The maximum Gasteiger partial charge on any atom is 0.316 e. The third kappa shape index (κ3) is 3.85. The molecule has 1 N–H and O–H groups in total. The fourth-order valence-electron chi connectivity index (χ4n) is 2.69. The molecule has 1 saturated heterocycles. The lowest BCUT2D eigenvalue weighted by molar-refractivity contribution is -0.147. The molecule has 6 nitrogen and oxygen atoms in total. The van der Waals surface area contributed by atoms with Crippen LogP contribution in [0, 0.1) is 6.92 Å². The molecule has 0 radical (unpaired) electrons. The molecule has 0 saturated carbocycles. The van der Waals surface area contributed by atoms with Gasteiger partial charge >= 0.3 is 11.8 Å². The number of amides is 3. The van der Waals surface area contributed by atoms with Gasteiger partial charge in [-0.05, 0) is 31.2 Å². The van der Waals surface area contributed by atoms with Crippen molar-refractivity contribution in [3.63, 3.8) is 0 Å². The molecule has 2 aromatic rings. The van der Waals surface area contributed by atoms with E-state index in [1.807, 2.05) is 37.3 Å². The van der Waals surface area contributed by atoms with E-state index in [0.29, 0.717) is 24.5 Å². The van der Waals surface area contributed by atoms with Gasteiger partial charge in [0.2, 0.25) is 5.91 Å². The van der Waals surface area contributed by atoms with Crippen LogP contribution in [0.2, 0.25) is 0 Å². The number of hydrogen-bond donors (Lipinski definition) is 1. The zero-order valence-corrected chi connectivity index (χ0v) is 13.9. The molecule has 3 rings (SSSR count). The molecule has 1 fully saturated rings. The van der Waals surface area contributed by atoms with Crippen LogP contribution in [-0.4, -0.2) is 42.3 Å². The van der Waals surface area contributed by atoms with E-state index in [1.165, 1.54) is 9.80 Å². The van der Waals surface area contributed by atoms with E-state index in [4.69, 9.17) is 0 Å². The smallest absolute Gasteiger partial charge is 0.316 e. The minimum atomic E-state index is -0.658. The fourth-order valence-corrected chi connectivity index (χ4v) is 2.69. The number of carbonyl (C=O) groups excluding carboxylic acids is 3. The normalized spacial score (nSPS) is 14.6. The zero-order chi connectivity index (χ0) is 17.8. The van der Waals surface area contributed by atoms with Gasteiger partial charge in [0, 0.05) is 24.5 Å². The molecule has 0 bridgehead atoms. The molecule has 6 heteroatoms. The van der Waals surface area contributed by atoms with Crippen LogP contribution in [0.3, 0.4) is 0 Å². The largest absolute Gasteiger partial charge is 0.325 e. The Morgan fingerprint density at radius 3 is 2.32 bits per heavy atom. The quantitative estimate of drug-likeness (QED) is 0.865. The third-order valence-electron chi connectivity index (χ3n) is 4.05. The number of nitrogens with one attached hydrogen (secondary N) is 1. The number of piperazine rings is 1. The molecular formula is C19H19N3O3. The van der Waals surface area contributed by atoms with Gasteiger partial charge in [-0.1, -0.05) is 35.9 Å². The van der Waals surface area contributed by atoms with Gasteiger partial charge in [0.05, 0.1) is 0 Å². The van der Waals surface area contributed by atoms with Crippen LogP contribution in [0.15, 0.2) is 54.6 Å². The second kappa shape index (κ2) is 7.17. The molecule has 25 heavy (non-hydrogen) atoms. The number of para-hydroxylation sites is 1. The summed E-state index contributed by atoms with van der Waals surface area (Å²) < 4.78 is 0. The summed E-state index contributed by atoms with van der Waals surface area (Å²) in [7, 11) is 0. The predicted octanol–water partition coefficient (Wildman–Crippen LogP) is 1.81. The Bertz CT molecular complexity index is 787. The van der Waals surface area contributed by atoms with Crippen molar-refractivity contribution in [3.8, 4) is 0 Å². The molecule has 1 heterocycles. The number of hydrogen-bond acceptors (Lipinski definition) is 3. The molecule has 128 valence electrons. The van der Waals surface area contributed by atoms with Crippen LogP contribution in [0.5, 0.6) is 0 Å². The zero-order valence-electron chi connectivity index (χ0n) is 13.9. The summed E-state index contributed by atoms with van der Waals surface area (Å²) in [5.41, 5.74) is 2.44. The molecule has 3 amide bonds. The predicted molar refractivity (Wildman–Crippen MR) is 95.2 cm³/mol. The minimum Gasteiger partial charge on any atom is -0.325 e. The standard InChI is InChI=1S/C19H19N3O3/c1-14-7-9-15(10-8-14)20-17(23)13-21-11-12-22(19(25)18(21)24)16-5-3-2-4-6-16/h2-10H,11-13H2,1H3,(H,20,23). The van der Waals surface area contributed by atoms with Gasteiger partial charge in [0.25, 0.3) is 0 Å². The lowest BCUT2D eigenvalue weighted by Crippen LogP contribution is -2.56. The van der Waals surface area contributed by atoms with E-state index >= 15 is 0 Å². The summed E-state index contributed by atoms with van der Waals surface area (Å²) in [5, 5.41) is 2.74. The maximum absolute atomic E-state index is 12.3. The van der Waals surface area contributed by atoms with Crippen molar-refractivity contribution in [1.82, 2.24) is 4.90 Å². The topological polar surface area (TPSA) is 69.7 Å². The number of anilines is 2. The van der Waals surface area contributed by atoms with Crippen LogP contribution in [0.25, 0.3) is 0 Å². The Labute approximate surface area is 146 Å². The number of aryl methyl sites for hydroxylation is 1. The molecule has 0 spiro atoms.